The van der Waals surface area contributed by atoms with Crippen molar-refractivity contribution >= 4 is 38.9 Å². The third-order valence-corrected chi connectivity index (χ3v) is 5.93. The summed E-state index contributed by atoms with van der Waals surface area (Å²) in [5, 5.41) is 6.32. The third-order valence-electron chi connectivity index (χ3n) is 4.06. The average Bonchev–Trinajstić information content (AvgIpc) is 2.82. The summed E-state index contributed by atoms with van der Waals surface area (Å²) >= 11 is 11.9. The summed E-state index contributed by atoms with van der Waals surface area (Å²) in [7, 11) is -3.51. The van der Waals surface area contributed by atoms with E-state index in [2.05, 4.69) is 10.6 Å². The standard InChI is InChI=1S/C13H14Cl2N2O3S/c1-21(19,20)11-2-6(9(14)3-10(11)15)13(18)17-12-7-4-16-5-8(7)12/h2-3,7-8,12,16H,4-5H2,1H3,(H,17,18)/t7-,8+,12?. The van der Waals surface area contributed by atoms with Crippen LogP contribution in [0.1, 0.15) is 10.4 Å². The monoisotopic (exact) mass is 348 g/mol. The Morgan fingerprint density at radius 2 is 1.86 bits per heavy atom. The lowest BCUT2D eigenvalue weighted by atomic mass is 10.2. The van der Waals surface area contributed by atoms with Crippen molar-refractivity contribution in [3.05, 3.63) is 27.7 Å². The molecule has 2 aliphatic rings. The molecule has 3 atom stereocenters. The molecule has 21 heavy (non-hydrogen) atoms. The fraction of sp³-hybridized carbons (Fsp3) is 0.462. The first kappa shape index (κ1) is 15.1. The molecule has 0 aromatic heterocycles. The molecule has 1 saturated carbocycles. The van der Waals surface area contributed by atoms with Gasteiger partial charge in [0.05, 0.1) is 20.5 Å². The van der Waals surface area contributed by atoms with Gasteiger partial charge in [-0.15, -0.1) is 0 Å². The lowest BCUT2D eigenvalue weighted by Gasteiger charge is -2.11. The van der Waals surface area contributed by atoms with Crippen molar-refractivity contribution in [2.24, 2.45) is 11.8 Å². The molecule has 1 saturated heterocycles. The molecule has 1 aromatic rings. The molecule has 1 aliphatic carbocycles. The van der Waals surface area contributed by atoms with E-state index in [0.29, 0.717) is 11.8 Å². The number of sulfone groups is 1. The zero-order valence-electron chi connectivity index (χ0n) is 11.2. The molecule has 0 spiro atoms. The molecule has 1 aromatic carbocycles. The molecule has 2 N–H and O–H groups in total. The first-order valence-corrected chi connectivity index (χ1v) is 9.14. The summed E-state index contributed by atoms with van der Waals surface area (Å²) < 4.78 is 23.3. The van der Waals surface area contributed by atoms with Gasteiger partial charge < -0.3 is 10.6 Å². The molecule has 5 nitrogen and oxygen atoms in total. The van der Waals surface area contributed by atoms with Crippen LogP contribution in [0.3, 0.4) is 0 Å². The van der Waals surface area contributed by atoms with Crippen molar-refractivity contribution < 1.29 is 13.2 Å². The van der Waals surface area contributed by atoms with E-state index in [4.69, 9.17) is 23.2 Å². The number of fused-ring (bicyclic) bond motifs is 1. The van der Waals surface area contributed by atoms with E-state index >= 15 is 0 Å². The first-order chi connectivity index (χ1) is 9.79. The second-order valence-corrected chi connectivity index (χ2v) is 8.32. The van der Waals surface area contributed by atoms with E-state index in [1.807, 2.05) is 0 Å². The number of piperidine rings is 1. The molecule has 1 amide bonds. The van der Waals surface area contributed by atoms with Crippen LogP contribution in [0.25, 0.3) is 0 Å². The van der Waals surface area contributed by atoms with Crippen molar-refractivity contribution in [2.75, 3.05) is 19.3 Å². The highest BCUT2D eigenvalue weighted by molar-refractivity contribution is 7.90. The van der Waals surface area contributed by atoms with E-state index in [9.17, 15) is 13.2 Å². The van der Waals surface area contributed by atoms with E-state index in [1.54, 1.807) is 0 Å². The van der Waals surface area contributed by atoms with Gasteiger partial charge in [-0.25, -0.2) is 8.42 Å². The van der Waals surface area contributed by atoms with Crippen molar-refractivity contribution in [3.8, 4) is 0 Å². The molecule has 1 heterocycles. The Balaban J connectivity index is 1.86. The minimum atomic E-state index is -3.51. The number of nitrogens with one attached hydrogen (secondary N) is 2. The lowest BCUT2D eigenvalue weighted by Crippen LogP contribution is -2.32. The van der Waals surface area contributed by atoms with E-state index < -0.39 is 9.84 Å². The minimum absolute atomic E-state index is 0.0199. The average molecular weight is 349 g/mol. The predicted molar refractivity (Wildman–Crippen MR) is 80.7 cm³/mol. The van der Waals surface area contributed by atoms with Crippen LogP contribution in [0, 0.1) is 11.8 Å². The van der Waals surface area contributed by atoms with Crippen LogP contribution in [0.4, 0.5) is 0 Å². The first-order valence-electron chi connectivity index (χ1n) is 6.49. The van der Waals surface area contributed by atoms with Gasteiger partial charge >= 0.3 is 0 Å². The molecule has 8 heteroatoms. The van der Waals surface area contributed by atoms with Crippen LogP contribution in [-0.2, 0) is 9.84 Å². The molecular formula is C13H14Cl2N2O3S. The summed E-state index contributed by atoms with van der Waals surface area (Å²) in [5.74, 6) is 0.574. The number of hydrogen-bond acceptors (Lipinski definition) is 4. The van der Waals surface area contributed by atoms with Crippen molar-refractivity contribution in [2.45, 2.75) is 10.9 Å². The molecular weight excluding hydrogens is 335 g/mol. The Bertz CT molecular complexity index is 710. The number of carbonyl (C=O) groups excluding carboxylic acids is 1. The number of benzene rings is 1. The van der Waals surface area contributed by atoms with Crippen LogP contribution >= 0.6 is 23.2 Å². The minimum Gasteiger partial charge on any atom is -0.349 e. The molecule has 2 fully saturated rings. The van der Waals surface area contributed by atoms with Gasteiger partial charge in [0, 0.05) is 25.4 Å². The lowest BCUT2D eigenvalue weighted by molar-refractivity contribution is 0.0946. The molecule has 0 radical (unpaired) electrons. The number of halogens is 2. The highest BCUT2D eigenvalue weighted by Crippen LogP contribution is 2.42. The van der Waals surface area contributed by atoms with Gasteiger partial charge in [0.2, 0.25) is 0 Å². The quantitative estimate of drug-likeness (QED) is 0.864. The normalized spacial score (nSPS) is 27.3. The van der Waals surface area contributed by atoms with Gasteiger partial charge in [-0.2, -0.15) is 0 Å². The number of rotatable bonds is 3. The SMILES string of the molecule is CS(=O)(=O)c1cc(C(=O)NC2[C@H]3CNC[C@@H]23)c(Cl)cc1Cl. The Hall–Kier alpha value is -0.820. The van der Waals surface area contributed by atoms with Crippen LogP contribution in [0.5, 0.6) is 0 Å². The van der Waals surface area contributed by atoms with Gasteiger partial charge in [0.25, 0.3) is 5.91 Å². The Kier molecular flexibility index (Phi) is 3.68. The number of amides is 1. The highest BCUT2D eigenvalue weighted by atomic mass is 35.5. The summed E-state index contributed by atoms with van der Waals surface area (Å²) in [4.78, 5) is 12.2. The zero-order chi connectivity index (χ0) is 15.4. The van der Waals surface area contributed by atoms with Crippen molar-refractivity contribution in [3.63, 3.8) is 0 Å². The topological polar surface area (TPSA) is 75.3 Å². The van der Waals surface area contributed by atoms with Gasteiger partial charge in [-0.05, 0) is 24.0 Å². The Labute approximate surface area is 132 Å². The van der Waals surface area contributed by atoms with Crippen LogP contribution in [0.15, 0.2) is 17.0 Å². The maximum Gasteiger partial charge on any atom is 0.253 e. The van der Waals surface area contributed by atoms with E-state index in [-0.39, 0.29) is 32.5 Å². The second-order valence-electron chi connectivity index (χ2n) is 5.52. The molecule has 1 aliphatic heterocycles. The molecule has 0 bridgehead atoms. The van der Waals surface area contributed by atoms with E-state index in [1.165, 1.54) is 12.1 Å². The highest BCUT2D eigenvalue weighted by Gasteiger charge is 2.53. The maximum absolute atomic E-state index is 12.3. The predicted octanol–water partition coefficient (Wildman–Crippen LogP) is 1.34. The number of hydrogen-bond donors (Lipinski definition) is 2. The van der Waals surface area contributed by atoms with Crippen LogP contribution in [0.2, 0.25) is 10.0 Å². The smallest absolute Gasteiger partial charge is 0.253 e. The molecule has 3 rings (SSSR count). The molecule has 1 unspecified atom stereocenters. The Morgan fingerprint density at radius 3 is 2.43 bits per heavy atom. The number of carbonyl (C=O) groups is 1. The van der Waals surface area contributed by atoms with Crippen molar-refractivity contribution in [1.29, 1.82) is 0 Å². The van der Waals surface area contributed by atoms with Crippen LogP contribution < -0.4 is 10.6 Å². The van der Waals surface area contributed by atoms with Crippen LogP contribution in [-0.4, -0.2) is 39.7 Å². The Morgan fingerprint density at radius 1 is 1.24 bits per heavy atom. The summed E-state index contributed by atoms with van der Waals surface area (Å²) in [5.41, 5.74) is 0.138. The zero-order valence-corrected chi connectivity index (χ0v) is 13.5. The van der Waals surface area contributed by atoms with Gasteiger partial charge in [-0.1, -0.05) is 23.2 Å². The van der Waals surface area contributed by atoms with Gasteiger partial charge in [-0.3, -0.25) is 4.79 Å². The summed E-state index contributed by atoms with van der Waals surface area (Å²) in [6.45, 7) is 1.80. The second kappa shape index (κ2) is 5.12. The summed E-state index contributed by atoms with van der Waals surface area (Å²) in [6.07, 6.45) is 1.04. The third kappa shape index (κ3) is 2.77. The fourth-order valence-corrected chi connectivity index (χ4v) is 4.48. The van der Waals surface area contributed by atoms with Gasteiger partial charge in [0.1, 0.15) is 0 Å². The summed E-state index contributed by atoms with van der Waals surface area (Å²) in [6, 6.07) is 2.68. The molecule has 114 valence electrons. The fourth-order valence-electron chi connectivity index (χ4n) is 2.85. The van der Waals surface area contributed by atoms with Crippen molar-refractivity contribution in [1.82, 2.24) is 10.6 Å². The largest absolute Gasteiger partial charge is 0.349 e. The maximum atomic E-state index is 12.3. The van der Waals surface area contributed by atoms with E-state index in [0.717, 1.165) is 19.3 Å². The van der Waals surface area contributed by atoms with Gasteiger partial charge in [0.15, 0.2) is 9.84 Å².